The van der Waals surface area contributed by atoms with Crippen molar-refractivity contribution in [2.45, 2.75) is 0 Å². The Morgan fingerprint density at radius 1 is 1.05 bits per heavy atom. The molecule has 2 aromatic rings. The molecule has 0 spiro atoms. The highest BCUT2D eigenvalue weighted by molar-refractivity contribution is 6.34. The SMILES string of the molecule is COc1ccc(C(=O)c2c(F)cccc2F)c(OC)c1Cl. The van der Waals surface area contributed by atoms with Gasteiger partial charge < -0.3 is 9.47 Å². The van der Waals surface area contributed by atoms with Crippen molar-refractivity contribution in [3.05, 3.63) is 58.1 Å². The van der Waals surface area contributed by atoms with Gasteiger partial charge in [-0.3, -0.25) is 4.79 Å². The number of rotatable bonds is 4. The predicted molar refractivity (Wildman–Crippen MR) is 74.3 cm³/mol. The van der Waals surface area contributed by atoms with E-state index in [2.05, 4.69) is 0 Å². The van der Waals surface area contributed by atoms with Crippen LogP contribution in [0.5, 0.6) is 11.5 Å². The maximum Gasteiger partial charge on any atom is 0.202 e. The highest BCUT2D eigenvalue weighted by Crippen LogP contribution is 2.38. The minimum absolute atomic E-state index is 0.00340. The number of hydrogen-bond donors (Lipinski definition) is 0. The van der Waals surface area contributed by atoms with E-state index in [4.69, 9.17) is 21.1 Å². The van der Waals surface area contributed by atoms with Gasteiger partial charge in [0.25, 0.3) is 0 Å². The summed E-state index contributed by atoms with van der Waals surface area (Å²) >= 11 is 6.04. The first-order valence-electron chi connectivity index (χ1n) is 5.90. The van der Waals surface area contributed by atoms with Crippen LogP contribution in [-0.2, 0) is 0 Å². The van der Waals surface area contributed by atoms with Crippen molar-refractivity contribution >= 4 is 17.4 Å². The Bertz CT molecular complexity index is 681. The lowest BCUT2D eigenvalue weighted by molar-refractivity contribution is 0.102. The van der Waals surface area contributed by atoms with Crippen molar-refractivity contribution in [3.63, 3.8) is 0 Å². The van der Waals surface area contributed by atoms with Crippen LogP contribution in [0, 0.1) is 11.6 Å². The van der Waals surface area contributed by atoms with Crippen LogP contribution in [0.2, 0.25) is 5.02 Å². The van der Waals surface area contributed by atoms with Crippen LogP contribution < -0.4 is 9.47 Å². The van der Waals surface area contributed by atoms with Gasteiger partial charge in [-0.25, -0.2) is 8.78 Å². The molecule has 0 fully saturated rings. The molecule has 0 bridgehead atoms. The van der Waals surface area contributed by atoms with E-state index in [9.17, 15) is 13.6 Å². The van der Waals surface area contributed by atoms with Gasteiger partial charge in [0, 0.05) is 0 Å². The molecule has 0 aliphatic rings. The fourth-order valence-corrected chi connectivity index (χ4v) is 2.24. The van der Waals surface area contributed by atoms with Gasteiger partial charge in [0.05, 0.1) is 25.3 Å². The van der Waals surface area contributed by atoms with Gasteiger partial charge in [0.1, 0.15) is 22.4 Å². The second-order valence-corrected chi connectivity index (χ2v) is 4.47. The van der Waals surface area contributed by atoms with Crippen molar-refractivity contribution in [3.8, 4) is 11.5 Å². The second kappa shape index (κ2) is 6.10. The molecule has 2 rings (SSSR count). The Kier molecular flexibility index (Phi) is 4.43. The molecular weight excluding hydrogens is 302 g/mol. The van der Waals surface area contributed by atoms with E-state index in [1.807, 2.05) is 0 Å². The zero-order valence-electron chi connectivity index (χ0n) is 11.2. The zero-order valence-corrected chi connectivity index (χ0v) is 12.0. The van der Waals surface area contributed by atoms with Crippen LogP contribution in [0.1, 0.15) is 15.9 Å². The number of hydrogen-bond acceptors (Lipinski definition) is 3. The summed E-state index contributed by atoms with van der Waals surface area (Å²) in [5, 5.41) is 0.0580. The van der Waals surface area contributed by atoms with Crippen LogP contribution in [0.3, 0.4) is 0 Å². The first-order valence-corrected chi connectivity index (χ1v) is 6.28. The third-order valence-corrected chi connectivity index (χ3v) is 3.28. The van der Waals surface area contributed by atoms with Crippen LogP contribution in [-0.4, -0.2) is 20.0 Å². The van der Waals surface area contributed by atoms with Crippen molar-refractivity contribution in [2.24, 2.45) is 0 Å². The van der Waals surface area contributed by atoms with E-state index in [-0.39, 0.29) is 16.3 Å². The van der Waals surface area contributed by atoms with E-state index in [1.54, 1.807) is 0 Å². The molecule has 21 heavy (non-hydrogen) atoms. The summed E-state index contributed by atoms with van der Waals surface area (Å²) in [5.74, 6) is -2.46. The third kappa shape index (κ3) is 2.69. The highest BCUT2D eigenvalue weighted by atomic mass is 35.5. The number of methoxy groups -OCH3 is 2. The quantitative estimate of drug-likeness (QED) is 0.804. The highest BCUT2D eigenvalue weighted by Gasteiger charge is 2.24. The average Bonchev–Trinajstić information content (AvgIpc) is 2.46. The molecule has 110 valence electrons. The minimum atomic E-state index is -0.950. The van der Waals surface area contributed by atoms with Crippen LogP contribution in [0.25, 0.3) is 0 Å². The first kappa shape index (κ1) is 15.3. The second-order valence-electron chi connectivity index (χ2n) is 4.09. The Hall–Kier alpha value is -2.14. The van der Waals surface area contributed by atoms with Crippen molar-refractivity contribution in [1.29, 1.82) is 0 Å². The van der Waals surface area contributed by atoms with Crippen molar-refractivity contribution in [1.82, 2.24) is 0 Å². The number of ketones is 1. The molecule has 0 unspecified atom stereocenters. The summed E-state index contributed by atoms with van der Waals surface area (Å²) in [7, 11) is 2.70. The molecule has 0 aliphatic carbocycles. The summed E-state index contributed by atoms with van der Waals surface area (Å²) < 4.78 is 37.5. The molecule has 0 aromatic heterocycles. The largest absolute Gasteiger partial charge is 0.495 e. The maximum absolute atomic E-state index is 13.7. The number of carbonyl (C=O) groups is 1. The average molecular weight is 313 g/mol. The minimum Gasteiger partial charge on any atom is -0.495 e. The molecule has 0 atom stereocenters. The van der Waals surface area contributed by atoms with Crippen LogP contribution >= 0.6 is 11.6 Å². The molecule has 0 saturated carbocycles. The molecule has 0 heterocycles. The molecule has 0 saturated heterocycles. The number of halogens is 3. The number of benzene rings is 2. The monoisotopic (exact) mass is 312 g/mol. The lowest BCUT2D eigenvalue weighted by Gasteiger charge is -2.13. The molecule has 6 heteroatoms. The number of ether oxygens (including phenoxy) is 2. The van der Waals surface area contributed by atoms with E-state index in [0.717, 1.165) is 12.1 Å². The van der Waals surface area contributed by atoms with E-state index >= 15 is 0 Å². The molecule has 0 N–H and O–H groups in total. The molecule has 0 amide bonds. The fraction of sp³-hybridized carbons (Fsp3) is 0.133. The van der Waals surface area contributed by atoms with Gasteiger partial charge in [-0.1, -0.05) is 17.7 Å². The summed E-state index contributed by atoms with van der Waals surface area (Å²) in [6.07, 6.45) is 0. The van der Waals surface area contributed by atoms with Gasteiger partial charge in [0.15, 0.2) is 5.75 Å². The molecular formula is C15H11ClF2O3. The summed E-state index contributed by atoms with van der Waals surface area (Å²) in [6, 6.07) is 5.97. The lowest BCUT2D eigenvalue weighted by atomic mass is 10.0. The van der Waals surface area contributed by atoms with Gasteiger partial charge in [-0.05, 0) is 24.3 Å². The predicted octanol–water partition coefficient (Wildman–Crippen LogP) is 3.87. The molecule has 2 aromatic carbocycles. The normalized spacial score (nSPS) is 10.3. The third-order valence-electron chi connectivity index (χ3n) is 2.92. The summed E-state index contributed by atoms with van der Waals surface area (Å²) in [5.41, 5.74) is -0.704. The van der Waals surface area contributed by atoms with Gasteiger partial charge >= 0.3 is 0 Å². The van der Waals surface area contributed by atoms with Crippen LogP contribution in [0.15, 0.2) is 30.3 Å². The molecule has 0 radical (unpaired) electrons. The standard InChI is InChI=1S/C15H11ClF2O3/c1-20-11-7-6-8(15(21-2)13(11)16)14(19)12-9(17)4-3-5-10(12)18/h3-7H,1-2H3. The molecule has 3 nitrogen and oxygen atoms in total. The van der Waals surface area contributed by atoms with E-state index in [0.29, 0.717) is 5.75 Å². The Morgan fingerprint density at radius 3 is 2.19 bits per heavy atom. The maximum atomic E-state index is 13.7. The summed E-state index contributed by atoms with van der Waals surface area (Å²) in [6.45, 7) is 0. The molecule has 0 aliphatic heterocycles. The van der Waals surface area contributed by atoms with Crippen LogP contribution in [0.4, 0.5) is 8.78 Å². The topological polar surface area (TPSA) is 35.5 Å². The zero-order chi connectivity index (χ0) is 15.6. The van der Waals surface area contributed by atoms with Crippen molar-refractivity contribution < 1.29 is 23.0 Å². The van der Waals surface area contributed by atoms with Gasteiger partial charge in [0.2, 0.25) is 5.78 Å². The van der Waals surface area contributed by atoms with Gasteiger partial charge in [-0.15, -0.1) is 0 Å². The van der Waals surface area contributed by atoms with E-state index < -0.39 is 23.0 Å². The Morgan fingerprint density at radius 2 is 1.67 bits per heavy atom. The number of carbonyl (C=O) groups excluding carboxylic acids is 1. The van der Waals surface area contributed by atoms with Crippen molar-refractivity contribution in [2.75, 3.05) is 14.2 Å². The Balaban J connectivity index is 2.62. The smallest absolute Gasteiger partial charge is 0.202 e. The van der Waals surface area contributed by atoms with Gasteiger partial charge in [-0.2, -0.15) is 0 Å². The fourth-order valence-electron chi connectivity index (χ4n) is 1.92. The first-order chi connectivity index (χ1) is 10.0. The lowest BCUT2D eigenvalue weighted by Crippen LogP contribution is -2.09. The Labute approximate surface area is 125 Å². The summed E-state index contributed by atoms with van der Waals surface area (Å²) in [4.78, 5) is 12.4. The van der Waals surface area contributed by atoms with E-state index in [1.165, 1.54) is 32.4 Å².